The third-order valence-corrected chi connectivity index (χ3v) is 5.06. The highest BCUT2D eigenvalue weighted by Gasteiger charge is 2.32. The number of aliphatic hydroxyl groups is 1. The minimum absolute atomic E-state index is 0.235. The van der Waals surface area contributed by atoms with Crippen LogP contribution in [0.3, 0.4) is 0 Å². The molecule has 1 aromatic heterocycles. The van der Waals surface area contributed by atoms with Crippen molar-refractivity contribution in [3.8, 4) is 0 Å². The van der Waals surface area contributed by atoms with E-state index >= 15 is 0 Å². The van der Waals surface area contributed by atoms with E-state index < -0.39 is 15.6 Å². The molecule has 120 valence electrons. The van der Waals surface area contributed by atoms with Gasteiger partial charge in [-0.15, -0.1) is 0 Å². The Morgan fingerprint density at radius 1 is 1.43 bits per heavy atom. The number of sulfonamides is 1. The highest BCUT2D eigenvalue weighted by molar-refractivity contribution is 7.89. The van der Waals surface area contributed by atoms with E-state index in [0.29, 0.717) is 18.8 Å². The van der Waals surface area contributed by atoms with Crippen molar-refractivity contribution in [1.29, 1.82) is 0 Å². The summed E-state index contributed by atoms with van der Waals surface area (Å²) in [6.45, 7) is 3.04. The number of nitrogens with two attached hydrogens (primary N) is 1. The molecule has 0 aromatic carbocycles. The third kappa shape index (κ3) is 4.54. The van der Waals surface area contributed by atoms with Gasteiger partial charge in [0.25, 0.3) is 10.0 Å². The first-order valence-corrected chi connectivity index (χ1v) is 8.92. The van der Waals surface area contributed by atoms with Gasteiger partial charge in [0.2, 0.25) is 5.09 Å². The van der Waals surface area contributed by atoms with E-state index in [4.69, 9.17) is 9.56 Å². The summed E-state index contributed by atoms with van der Waals surface area (Å²) in [5, 5.41) is 18.4. The number of hydrogen-bond acceptors (Lipinski definition) is 5. The van der Waals surface area contributed by atoms with E-state index in [1.165, 1.54) is 12.5 Å². The minimum atomic E-state index is -3.79. The number of primary sulfonamides is 1. The Bertz CT molecular complexity index is 559. The lowest BCUT2D eigenvalue weighted by molar-refractivity contribution is -0.00911. The van der Waals surface area contributed by atoms with Gasteiger partial charge in [-0.3, -0.25) is 0 Å². The van der Waals surface area contributed by atoms with Crippen molar-refractivity contribution < 1.29 is 17.9 Å². The maximum atomic E-state index is 11.1. The fourth-order valence-corrected chi connectivity index (χ4v) is 3.31. The van der Waals surface area contributed by atoms with Crippen LogP contribution in [0.5, 0.6) is 0 Å². The van der Waals surface area contributed by atoms with Crippen molar-refractivity contribution >= 4 is 10.0 Å². The number of rotatable bonds is 6. The van der Waals surface area contributed by atoms with Crippen LogP contribution in [-0.2, 0) is 16.6 Å². The van der Waals surface area contributed by atoms with Crippen LogP contribution in [0.25, 0.3) is 0 Å². The molecule has 21 heavy (non-hydrogen) atoms. The third-order valence-electron chi connectivity index (χ3n) is 4.28. The predicted molar refractivity (Wildman–Crippen MR) is 79.0 cm³/mol. The van der Waals surface area contributed by atoms with Gasteiger partial charge in [0.15, 0.2) is 0 Å². The lowest BCUT2D eigenvalue weighted by Gasteiger charge is -2.35. The SMILES string of the molecule is CCC1CCC(O)(CNCc2ccc(S(N)(=O)=O)o2)CC1. The molecular weight excluding hydrogens is 292 g/mol. The molecule has 1 saturated carbocycles. The van der Waals surface area contributed by atoms with E-state index in [9.17, 15) is 13.5 Å². The fourth-order valence-electron chi connectivity index (χ4n) is 2.82. The molecule has 4 N–H and O–H groups in total. The summed E-state index contributed by atoms with van der Waals surface area (Å²) in [4.78, 5) is 0. The first kappa shape index (κ1) is 16.5. The number of nitrogens with one attached hydrogen (secondary N) is 1. The maximum Gasteiger partial charge on any atom is 0.271 e. The predicted octanol–water partition coefficient (Wildman–Crippen LogP) is 1.35. The zero-order valence-electron chi connectivity index (χ0n) is 12.3. The lowest BCUT2D eigenvalue weighted by Crippen LogP contribution is -2.43. The van der Waals surface area contributed by atoms with Gasteiger partial charge >= 0.3 is 0 Å². The van der Waals surface area contributed by atoms with E-state index in [-0.39, 0.29) is 5.09 Å². The van der Waals surface area contributed by atoms with Crippen molar-refractivity contribution in [2.45, 2.75) is 56.3 Å². The second-order valence-electron chi connectivity index (χ2n) is 5.95. The van der Waals surface area contributed by atoms with Crippen molar-refractivity contribution in [1.82, 2.24) is 5.32 Å². The molecule has 1 aliphatic carbocycles. The van der Waals surface area contributed by atoms with Crippen LogP contribution in [0.4, 0.5) is 0 Å². The normalized spacial score (nSPS) is 26.9. The Morgan fingerprint density at radius 3 is 2.62 bits per heavy atom. The molecule has 0 saturated heterocycles. The van der Waals surface area contributed by atoms with Gasteiger partial charge in [0, 0.05) is 6.54 Å². The maximum absolute atomic E-state index is 11.1. The molecule has 0 aliphatic heterocycles. The van der Waals surface area contributed by atoms with Crippen LogP contribution in [-0.4, -0.2) is 25.7 Å². The van der Waals surface area contributed by atoms with Gasteiger partial charge in [0.05, 0.1) is 12.1 Å². The van der Waals surface area contributed by atoms with Crippen molar-refractivity contribution in [2.24, 2.45) is 11.1 Å². The Kier molecular flexibility index (Phi) is 5.08. The molecule has 0 spiro atoms. The second-order valence-corrected chi connectivity index (χ2v) is 7.44. The largest absolute Gasteiger partial charge is 0.447 e. The van der Waals surface area contributed by atoms with E-state index in [1.807, 2.05) is 0 Å². The molecule has 0 bridgehead atoms. The Balaban J connectivity index is 1.80. The molecule has 1 heterocycles. The fraction of sp³-hybridized carbons (Fsp3) is 0.714. The Labute approximate surface area is 125 Å². The van der Waals surface area contributed by atoms with Crippen molar-refractivity contribution in [3.05, 3.63) is 17.9 Å². The highest BCUT2D eigenvalue weighted by Crippen LogP contribution is 2.33. The van der Waals surface area contributed by atoms with Crippen LogP contribution in [0.1, 0.15) is 44.8 Å². The standard InChI is InChI=1S/C14H24N2O4S/c1-2-11-5-7-14(17,8-6-11)10-16-9-12-3-4-13(20-12)21(15,18)19/h3-4,11,16-17H,2,5-10H2,1H3,(H2,15,18,19). The molecule has 0 radical (unpaired) electrons. The smallest absolute Gasteiger partial charge is 0.271 e. The molecular formula is C14H24N2O4S. The summed E-state index contributed by atoms with van der Waals surface area (Å²) >= 11 is 0. The van der Waals surface area contributed by atoms with Gasteiger partial charge in [-0.05, 0) is 43.7 Å². The molecule has 1 aliphatic rings. The average Bonchev–Trinajstić information content (AvgIpc) is 2.88. The monoisotopic (exact) mass is 316 g/mol. The van der Waals surface area contributed by atoms with Crippen LogP contribution >= 0.6 is 0 Å². The van der Waals surface area contributed by atoms with Gasteiger partial charge < -0.3 is 14.8 Å². The van der Waals surface area contributed by atoms with Crippen LogP contribution in [0.2, 0.25) is 0 Å². The molecule has 1 fully saturated rings. The first-order chi connectivity index (χ1) is 9.82. The molecule has 6 nitrogen and oxygen atoms in total. The number of furan rings is 1. The van der Waals surface area contributed by atoms with Crippen LogP contribution in [0, 0.1) is 5.92 Å². The van der Waals surface area contributed by atoms with E-state index in [0.717, 1.165) is 31.6 Å². The first-order valence-electron chi connectivity index (χ1n) is 7.37. The summed E-state index contributed by atoms with van der Waals surface area (Å²) in [6, 6.07) is 2.91. The van der Waals surface area contributed by atoms with Crippen LogP contribution in [0.15, 0.2) is 21.6 Å². The molecule has 7 heteroatoms. The molecule has 0 unspecified atom stereocenters. The quantitative estimate of drug-likeness (QED) is 0.734. The van der Waals surface area contributed by atoms with Gasteiger partial charge in [0.1, 0.15) is 5.76 Å². The Morgan fingerprint density at radius 2 is 2.10 bits per heavy atom. The lowest BCUT2D eigenvalue weighted by atomic mass is 9.78. The summed E-state index contributed by atoms with van der Waals surface area (Å²) in [5.74, 6) is 1.22. The van der Waals surface area contributed by atoms with Crippen LogP contribution < -0.4 is 10.5 Å². The zero-order valence-corrected chi connectivity index (χ0v) is 13.2. The van der Waals surface area contributed by atoms with Gasteiger partial charge in [-0.1, -0.05) is 13.3 Å². The highest BCUT2D eigenvalue weighted by atomic mass is 32.2. The second kappa shape index (κ2) is 6.48. The molecule has 2 rings (SSSR count). The molecule has 1 aromatic rings. The summed E-state index contributed by atoms with van der Waals surface area (Å²) < 4.78 is 27.4. The summed E-state index contributed by atoms with van der Waals surface area (Å²) in [5.41, 5.74) is -0.666. The van der Waals surface area contributed by atoms with Gasteiger partial charge in [-0.25, -0.2) is 13.6 Å². The van der Waals surface area contributed by atoms with Crippen molar-refractivity contribution in [2.75, 3.05) is 6.54 Å². The van der Waals surface area contributed by atoms with Crippen molar-refractivity contribution in [3.63, 3.8) is 0 Å². The number of hydrogen-bond donors (Lipinski definition) is 3. The average molecular weight is 316 g/mol. The topological polar surface area (TPSA) is 106 Å². The van der Waals surface area contributed by atoms with E-state index in [1.54, 1.807) is 6.07 Å². The summed E-state index contributed by atoms with van der Waals surface area (Å²) in [7, 11) is -3.79. The summed E-state index contributed by atoms with van der Waals surface area (Å²) in [6.07, 6.45) is 4.90. The molecule has 0 amide bonds. The van der Waals surface area contributed by atoms with Gasteiger partial charge in [-0.2, -0.15) is 0 Å². The van der Waals surface area contributed by atoms with E-state index in [2.05, 4.69) is 12.2 Å². The minimum Gasteiger partial charge on any atom is -0.447 e. The zero-order chi connectivity index (χ0) is 15.5. The Hall–Kier alpha value is -0.890. The molecule has 0 atom stereocenters.